The van der Waals surface area contributed by atoms with Crippen LogP contribution < -0.4 is 5.32 Å². The number of nitrogens with one attached hydrogen (secondary N) is 1. The quantitative estimate of drug-likeness (QED) is 0.937. The van der Waals surface area contributed by atoms with Gasteiger partial charge in [-0.25, -0.2) is 0 Å². The van der Waals surface area contributed by atoms with E-state index in [1.54, 1.807) is 6.92 Å². The first kappa shape index (κ1) is 13.7. The molecule has 0 bridgehead atoms. The van der Waals surface area contributed by atoms with E-state index in [1.165, 1.54) is 12.1 Å². The number of hydrogen-bond donors (Lipinski definition) is 1. The molecule has 0 unspecified atom stereocenters. The Morgan fingerprint density at radius 2 is 2.05 bits per heavy atom. The molecular formula is C11H9ClF3N3O. The maximum absolute atomic E-state index is 12.8. The molecule has 102 valence electrons. The zero-order valence-electron chi connectivity index (χ0n) is 9.75. The lowest BCUT2D eigenvalue weighted by molar-refractivity contribution is -0.137. The van der Waals surface area contributed by atoms with Gasteiger partial charge in [0.15, 0.2) is 0 Å². The zero-order valence-corrected chi connectivity index (χ0v) is 10.5. The van der Waals surface area contributed by atoms with Crippen molar-refractivity contribution in [3.63, 3.8) is 0 Å². The van der Waals surface area contributed by atoms with Gasteiger partial charge in [0.05, 0.1) is 22.8 Å². The van der Waals surface area contributed by atoms with E-state index in [4.69, 9.17) is 16.0 Å². The Morgan fingerprint density at radius 3 is 2.63 bits per heavy atom. The highest BCUT2D eigenvalue weighted by Crippen LogP contribution is 2.38. The minimum atomic E-state index is -4.49. The number of aromatic nitrogens is 2. The fourth-order valence-electron chi connectivity index (χ4n) is 1.51. The van der Waals surface area contributed by atoms with E-state index in [1.807, 2.05) is 0 Å². The minimum Gasteiger partial charge on any atom is -0.424 e. The number of alkyl halides is 3. The Bertz CT molecular complexity index is 583. The summed E-state index contributed by atoms with van der Waals surface area (Å²) in [6.45, 7) is 1.56. The second-order valence-electron chi connectivity index (χ2n) is 3.73. The molecule has 0 aliphatic rings. The fraction of sp³-hybridized carbons (Fsp3) is 0.273. The lowest BCUT2D eigenvalue weighted by Gasteiger charge is -2.14. The number of benzene rings is 1. The maximum atomic E-state index is 12.8. The first-order valence-electron chi connectivity index (χ1n) is 5.26. The number of rotatable bonds is 3. The molecule has 0 fully saturated rings. The van der Waals surface area contributed by atoms with Gasteiger partial charge in [0.25, 0.3) is 0 Å². The van der Waals surface area contributed by atoms with Gasteiger partial charge in [-0.05, 0) is 12.1 Å². The Labute approximate surface area is 111 Å². The smallest absolute Gasteiger partial charge is 0.418 e. The van der Waals surface area contributed by atoms with Crippen molar-refractivity contribution in [2.45, 2.75) is 19.6 Å². The molecule has 0 saturated carbocycles. The lowest BCUT2D eigenvalue weighted by atomic mass is 10.1. The molecule has 8 heteroatoms. The highest BCUT2D eigenvalue weighted by molar-refractivity contribution is 6.33. The molecule has 2 rings (SSSR count). The summed E-state index contributed by atoms with van der Waals surface area (Å²) in [5.41, 5.74) is -1.04. The van der Waals surface area contributed by atoms with Crippen molar-refractivity contribution in [1.82, 2.24) is 10.2 Å². The number of para-hydroxylation sites is 1. The maximum Gasteiger partial charge on any atom is 0.418 e. The molecule has 19 heavy (non-hydrogen) atoms. The molecular weight excluding hydrogens is 283 g/mol. The van der Waals surface area contributed by atoms with Gasteiger partial charge < -0.3 is 9.73 Å². The molecule has 0 saturated heterocycles. The Hall–Kier alpha value is -1.76. The van der Waals surface area contributed by atoms with Crippen molar-refractivity contribution in [1.29, 1.82) is 0 Å². The highest BCUT2D eigenvalue weighted by atomic mass is 35.5. The van der Waals surface area contributed by atoms with Crippen LogP contribution in [-0.2, 0) is 12.7 Å². The molecule has 0 aliphatic carbocycles. The van der Waals surface area contributed by atoms with E-state index in [0.29, 0.717) is 5.89 Å². The average molecular weight is 292 g/mol. The zero-order chi connectivity index (χ0) is 14.0. The van der Waals surface area contributed by atoms with Gasteiger partial charge in [-0.15, -0.1) is 10.2 Å². The van der Waals surface area contributed by atoms with Crippen LogP contribution in [-0.4, -0.2) is 10.2 Å². The number of anilines is 1. The summed E-state index contributed by atoms with van der Waals surface area (Å²) in [5, 5.41) is 9.81. The number of hydrogen-bond acceptors (Lipinski definition) is 4. The van der Waals surface area contributed by atoms with Gasteiger partial charge in [0.1, 0.15) is 0 Å². The largest absolute Gasteiger partial charge is 0.424 e. The number of aryl methyl sites for hydroxylation is 1. The summed E-state index contributed by atoms with van der Waals surface area (Å²) in [6, 6.07) is 3.57. The van der Waals surface area contributed by atoms with Crippen LogP contribution in [0.5, 0.6) is 0 Å². The van der Waals surface area contributed by atoms with Gasteiger partial charge in [0.2, 0.25) is 11.8 Å². The molecule has 0 radical (unpaired) electrons. The minimum absolute atomic E-state index is 0.0222. The standard InChI is InChI=1S/C11H9ClF3N3O/c1-6-17-18-9(19-6)5-16-10-7(11(13,14)15)3-2-4-8(10)12/h2-4,16H,5H2,1H3. The summed E-state index contributed by atoms with van der Waals surface area (Å²) < 4.78 is 43.5. The van der Waals surface area contributed by atoms with E-state index in [-0.39, 0.29) is 23.1 Å². The van der Waals surface area contributed by atoms with Gasteiger partial charge in [-0.1, -0.05) is 17.7 Å². The predicted octanol–water partition coefficient (Wildman–Crippen LogP) is 3.66. The van der Waals surface area contributed by atoms with Crippen molar-refractivity contribution in [3.05, 3.63) is 40.6 Å². The van der Waals surface area contributed by atoms with Crippen molar-refractivity contribution < 1.29 is 17.6 Å². The van der Waals surface area contributed by atoms with Gasteiger partial charge >= 0.3 is 6.18 Å². The number of nitrogens with zero attached hydrogens (tertiary/aromatic N) is 2. The summed E-state index contributed by atoms with van der Waals surface area (Å²) in [7, 11) is 0. The Balaban J connectivity index is 2.24. The average Bonchev–Trinajstić information content (AvgIpc) is 2.72. The third-order valence-electron chi connectivity index (χ3n) is 2.30. The summed E-state index contributed by atoms with van der Waals surface area (Å²) in [4.78, 5) is 0. The topological polar surface area (TPSA) is 51.0 Å². The summed E-state index contributed by atoms with van der Waals surface area (Å²) in [5.74, 6) is 0.526. The molecule has 0 spiro atoms. The van der Waals surface area contributed by atoms with Crippen LogP contribution in [0.4, 0.5) is 18.9 Å². The van der Waals surface area contributed by atoms with E-state index >= 15 is 0 Å². The van der Waals surface area contributed by atoms with Crippen molar-refractivity contribution in [2.24, 2.45) is 0 Å². The molecule has 0 atom stereocenters. The van der Waals surface area contributed by atoms with Crippen LogP contribution in [0, 0.1) is 6.92 Å². The lowest BCUT2D eigenvalue weighted by Crippen LogP contribution is -2.11. The van der Waals surface area contributed by atoms with Crippen molar-refractivity contribution in [2.75, 3.05) is 5.32 Å². The predicted molar refractivity (Wildman–Crippen MR) is 62.8 cm³/mol. The normalized spacial score (nSPS) is 11.6. The van der Waals surface area contributed by atoms with E-state index < -0.39 is 11.7 Å². The molecule has 4 nitrogen and oxygen atoms in total. The van der Waals surface area contributed by atoms with Crippen LogP contribution in [0.25, 0.3) is 0 Å². The van der Waals surface area contributed by atoms with E-state index in [2.05, 4.69) is 15.5 Å². The van der Waals surface area contributed by atoms with Gasteiger partial charge in [-0.3, -0.25) is 0 Å². The molecule has 2 aromatic rings. The SMILES string of the molecule is Cc1nnc(CNc2c(Cl)cccc2C(F)(F)F)o1. The van der Waals surface area contributed by atoms with E-state index in [9.17, 15) is 13.2 Å². The van der Waals surface area contributed by atoms with Crippen molar-refractivity contribution >= 4 is 17.3 Å². The molecule has 0 aliphatic heterocycles. The van der Waals surface area contributed by atoms with Crippen LogP contribution in [0.1, 0.15) is 17.3 Å². The van der Waals surface area contributed by atoms with Crippen LogP contribution in [0.3, 0.4) is 0 Å². The first-order chi connectivity index (χ1) is 8.88. The molecule has 0 amide bonds. The van der Waals surface area contributed by atoms with Gasteiger partial charge in [-0.2, -0.15) is 13.2 Å². The van der Waals surface area contributed by atoms with Crippen molar-refractivity contribution in [3.8, 4) is 0 Å². The third-order valence-corrected chi connectivity index (χ3v) is 2.62. The fourth-order valence-corrected chi connectivity index (χ4v) is 1.75. The first-order valence-corrected chi connectivity index (χ1v) is 5.64. The molecule has 1 aromatic carbocycles. The van der Waals surface area contributed by atoms with Crippen LogP contribution in [0.2, 0.25) is 5.02 Å². The molecule has 1 aromatic heterocycles. The molecule has 1 heterocycles. The number of halogens is 4. The van der Waals surface area contributed by atoms with E-state index in [0.717, 1.165) is 6.07 Å². The van der Waals surface area contributed by atoms with Crippen LogP contribution in [0.15, 0.2) is 22.6 Å². The monoisotopic (exact) mass is 291 g/mol. The molecule has 1 N–H and O–H groups in total. The Kier molecular flexibility index (Phi) is 3.66. The van der Waals surface area contributed by atoms with Crippen LogP contribution >= 0.6 is 11.6 Å². The van der Waals surface area contributed by atoms with Gasteiger partial charge in [0, 0.05) is 6.92 Å². The summed E-state index contributed by atoms with van der Waals surface area (Å²) >= 11 is 5.78. The third kappa shape index (κ3) is 3.17. The second kappa shape index (κ2) is 5.08. The Morgan fingerprint density at radius 1 is 1.32 bits per heavy atom. The highest BCUT2D eigenvalue weighted by Gasteiger charge is 2.34. The summed E-state index contributed by atoms with van der Waals surface area (Å²) in [6.07, 6.45) is -4.49. The second-order valence-corrected chi connectivity index (χ2v) is 4.14.